The second-order valence-corrected chi connectivity index (χ2v) is 5.40. The van der Waals surface area contributed by atoms with Crippen LogP contribution in [0.15, 0.2) is 40.5 Å². The molecule has 0 saturated carbocycles. The Hall–Kier alpha value is -1.98. The summed E-state index contributed by atoms with van der Waals surface area (Å²) in [5, 5.41) is 11.0. The summed E-state index contributed by atoms with van der Waals surface area (Å²) < 4.78 is 1.64. The molecular formula is C15H14N2O2S. The lowest BCUT2D eigenvalue weighted by Crippen LogP contribution is -2.22. The van der Waals surface area contributed by atoms with Crippen LogP contribution >= 0.6 is 11.3 Å². The number of nitrogens with zero attached hydrogens (tertiary/aromatic N) is 2. The number of fused-ring (bicyclic) bond motifs is 1. The Balaban J connectivity index is 2.32. The summed E-state index contributed by atoms with van der Waals surface area (Å²) in [7, 11) is 0. The predicted octanol–water partition coefficient (Wildman–Crippen LogP) is 2.27. The number of aliphatic hydroxyl groups excluding tert-OH is 1. The summed E-state index contributed by atoms with van der Waals surface area (Å²) >= 11 is 1.45. The largest absolute Gasteiger partial charge is 0.396 e. The van der Waals surface area contributed by atoms with Gasteiger partial charge >= 0.3 is 0 Å². The summed E-state index contributed by atoms with van der Waals surface area (Å²) in [5.41, 5.74) is 3.04. The normalized spacial score (nSPS) is 11.1. The summed E-state index contributed by atoms with van der Waals surface area (Å²) in [5.74, 6) is 0. The number of aliphatic hydroxyl groups is 1. The fourth-order valence-corrected chi connectivity index (χ4v) is 3.23. The van der Waals surface area contributed by atoms with Crippen LogP contribution < -0.4 is 5.56 Å². The highest BCUT2D eigenvalue weighted by Crippen LogP contribution is 2.24. The van der Waals surface area contributed by atoms with E-state index in [1.807, 2.05) is 42.6 Å². The molecule has 0 radical (unpaired) electrons. The first-order chi connectivity index (χ1) is 9.72. The van der Waals surface area contributed by atoms with Gasteiger partial charge in [0.1, 0.15) is 0 Å². The zero-order valence-corrected chi connectivity index (χ0v) is 11.9. The topological polar surface area (TPSA) is 54.6 Å². The number of benzene rings is 1. The van der Waals surface area contributed by atoms with Gasteiger partial charge in [-0.05, 0) is 12.5 Å². The van der Waals surface area contributed by atoms with Crippen LogP contribution in [0, 0.1) is 6.92 Å². The minimum atomic E-state index is -0.0818. The van der Waals surface area contributed by atoms with E-state index in [9.17, 15) is 4.79 Å². The van der Waals surface area contributed by atoms with Gasteiger partial charge in [0.15, 0.2) is 4.96 Å². The van der Waals surface area contributed by atoms with Gasteiger partial charge in [0.25, 0.3) is 5.56 Å². The van der Waals surface area contributed by atoms with Crippen LogP contribution in [0.1, 0.15) is 11.3 Å². The molecular weight excluding hydrogens is 272 g/mol. The second kappa shape index (κ2) is 5.19. The molecule has 0 atom stereocenters. The Bertz CT molecular complexity index is 806. The van der Waals surface area contributed by atoms with E-state index in [0.717, 1.165) is 11.3 Å². The van der Waals surface area contributed by atoms with Crippen LogP contribution in [-0.4, -0.2) is 21.1 Å². The molecule has 0 amide bonds. The van der Waals surface area contributed by atoms with Gasteiger partial charge < -0.3 is 5.11 Å². The monoisotopic (exact) mass is 286 g/mol. The fourth-order valence-electron chi connectivity index (χ4n) is 2.30. The van der Waals surface area contributed by atoms with Crippen molar-refractivity contribution in [2.45, 2.75) is 13.3 Å². The molecule has 0 aliphatic heterocycles. The third kappa shape index (κ3) is 2.05. The standard InChI is InChI=1S/C15H14N2O2S/c1-10-12(7-8-18)14(19)17-13(9-20-15(17)16-10)11-5-3-2-4-6-11/h2-6,9,18H,7-8H2,1H3. The van der Waals surface area contributed by atoms with E-state index < -0.39 is 0 Å². The zero-order valence-electron chi connectivity index (χ0n) is 11.0. The van der Waals surface area contributed by atoms with Crippen LogP contribution in [0.5, 0.6) is 0 Å². The van der Waals surface area contributed by atoms with E-state index in [1.54, 1.807) is 4.40 Å². The van der Waals surface area contributed by atoms with Crippen molar-refractivity contribution in [2.24, 2.45) is 0 Å². The maximum Gasteiger partial charge on any atom is 0.262 e. The van der Waals surface area contributed by atoms with E-state index in [0.29, 0.717) is 22.6 Å². The van der Waals surface area contributed by atoms with Crippen molar-refractivity contribution < 1.29 is 5.11 Å². The van der Waals surface area contributed by atoms with Crippen molar-refractivity contribution in [3.8, 4) is 11.3 Å². The van der Waals surface area contributed by atoms with E-state index in [4.69, 9.17) is 5.11 Å². The molecule has 0 aliphatic rings. The van der Waals surface area contributed by atoms with Crippen LogP contribution in [0.4, 0.5) is 0 Å². The average Bonchev–Trinajstić information content (AvgIpc) is 2.88. The zero-order chi connectivity index (χ0) is 14.1. The molecule has 0 aliphatic carbocycles. The summed E-state index contributed by atoms with van der Waals surface area (Å²) in [6.45, 7) is 1.77. The fraction of sp³-hybridized carbons (Fsp3) is 0.200. The molecule has 1 N–H and O–H groups in total. The van der Waals surface area contributed by atoms with Gasteiger partial charge in [0.2, 0.25) is 0 Å². The predicted molar refractivity (Wildman–Crippen MR) is 80.3 cm³/mol. The van der Waals surface area contributed by atoms with E-state index in [1.165, 1.54) is 11.3 Å². The Morgan fingerprint density at radius 1 is 1.30 bits per heavy atom. The van der Waals surface area contributed by atoms with Crippen molar-refractivity contribution in [1.29, 1.82) is 0 Å². The molecule has 1 aromatic carbocycles. The van der Waals surface area contributed by atoms with Gasteiger partial charge in [-0.3, -0.25) is 9.20 Å². The van der Waals surface area contributed by atoms with Gasteiger partial charge in [0, 0.05) is 29.7 Å². The molecule has 5 heteroatoms. The molecule has 4 nitrogen and oxygen atoms in total. The number of hydrogen-bond acceptors (Lipinski definition) is 4. The molecule has 2 aromatic heterocycles. The van der Waals surface area contributed by atoms with Crippen LogP contribution in [0.2, 0.25) is 0 Å². The number of rotatable bonds is 3. The van der Waals surface area contributed by atoms with Crippen LogP contribution in [-0.2, 0) is 6.42 Å². The third-order valence-electron chi connectivity index (χ3n) is 3.30. The molecule has 0 unspecified atom stereocenters. The third-order valence-corrected chi connectivity index (χ3v) is 4.13. The maximum atomic E-state index is 12.6. The molecule has 2 heterocycles. The highest BCUT2D eigenvalue weighted by molar-refractivity contribution is 7.15. The maximum absolute atomic E-state index is 12.6. The Morgan fingerprint density at radius 3 is 2.75 bits per heavy atom. The first-order valence-corrected chi connectivity index (χ1v) is 7.26. The molecule has 0 saturated heterocycles. The molecule has 3 aromatic rings. The van der Waals surface area contributed by atoms with Crippen LogP contribution in [0.3, 0.4) is 0 Å². The molecule has 0 bridgehead atoms. The molecule has 20 heavy (non-hydrogen) atoms. The number of hydrogen-bond donors (Lipinski definition) is 1. The number of aromatic nitrogens is 2. The Kier molecular flexibility index (Phi) is 3.38. The van der Waals surface area contributed by atoms with Gasteiger partial charge in [0.05, 0.1) is 5.69 Å². The van der Waals surface area contributed by atoms with E-state index >= 15 is 0 Å². The lowest BCUT2D eigenvalue weighted by Gasteiger charge is -2.06. The van der Waals surface area contributed by atoms with E-state index in [-0.39, 0.29) is 12.2 Å². The second-order valence-electron chi connectivity index (χ2n) is 4.56. The van der Waals surface area contributed by atoms with Crippen molar-refractivity contribution >= 4 is 16.3 Å². The molecule has 0 fully saturated rings. The summed E-state index contributed by atoms with van der Waals surface area (Å²) in [6, 6.07) is 9.78. The SMILES string of the molecule is Cc1nc2scc(-c3ccccc3)n2c(=O)c1CCO. The molecule has 0 spiro atoms. The highest BCUT2D eigenvalue weighted by Gasteiger charge is 2.14. The first-order valence-electron chi connectivity index (χ1n) is 6.38. The van der Waals surface area contributed by atoms with Gasteiger partial charge in [-0.1, -0.05) is 30.3 Å². The average molecular weight is 286 g/mol. The van der Waals surface area contributed by atoms with Crippen LogP contribution in [0.25, 0.3) is 16.2 Å². The lowest BCUT2D eigenvalue weighted by atomic mass is 10.1. The Morgan fingerprint density at radius 2 is 2.05 bits per heavy atom. The summed E-state index contributed by atoms with van der Waals surface area (Å²) in [6.07, 6.45) is 0.338. The molecule has 102 valence electrons. The van der Waals surface area contributed by atoms with Crippen molar-refractivity contribution in [3.63, 3.8) is 0 Å². The van der Waals surface area contributed by atoms with Crippen molar-refractivity contribution in [2.75, 3.05) is 6.61 Å². The van der Waals surface area contributed by atoms with E-state index in [2.05, 4.69) is 4.98 Å². The van der Waals surface area contributed by atoms with Gasteiger partial charge in [-0.25, -0.2) is 4.98 Å². The number of aryl methyl sites for hydroxylation is 1. The smallest absolute Gasteiger partial charge is 0.262 e. The lowest BCUT2D eigenvalue weighted by molar-refractivity contribution is 0.298. The summed E-state index contributed by atoms with van der Waals surface area (Å²) in [4.78, 5) is 17.8. The van der Waals surface area contributed by atoms with Crippen molar-refractivity contribution in [3.05, 3.63) is 57.3 Å². The highest BCUT2D eigenvalue weighted by atomic mass is 32.1. The van der Waals surface area contributed by atoms with Gasteiger partial charge in [-0.15, -0.1) is 11.3 Å². The minimum absolute atomic E-state index is 0.0470. The minimum Gasteiger partial charge on any atom is -0.396 e. The van der Waals surface area contributed by atoms with Gasteiger partial charge in [-0.2, -0.15) is 0 Å². The Labute approximate surface area is 120 Å². The van der Waals surface area contributed by atoms with Crippen molar-refractivity contribution in [1.82, 2.24) is 9.38 Å². The number of thiazole rings is 1. The first kappa shape index (κ1) is 13.0. The quantitative estimate of drug-likeness (QED) is 0.803. The molecule has 3 rings (SSSR count).